The molecule has 0 fully saturated rings. The average Bonchev–Trinajstić information content (AvgIpc) is 2.42. The number of para-hydroxylation sites is 1. The number of benzene rings is 2. The Bertz CT molecular complexity index is 505. The van der Waals surface area contributed by atoms with Crippen LogP contribution in [0.4, 0.5) is 11.4 Å². The van der Waals surface area contributed by atoms with Gasteiger partial charge in [-0.3, -0.25) is 0 Å². The van der Waals surface area contributed by atoms with Gasteiger partial charge in [-0.15, -0.1) is 11.6 Å². The normalized spacial score (nSPS) is 10.4. The molecule has 0 atom stereocenters. The van der Waals surface area contributed by atoms with Crippen LogP contribution in [0.1, 0.15) is 18.1 Å². The fraction of sp³-hybridized carbons (Fsp3) is 0.250. The van der Waals surface area contributed by atoms with Crippen molar-refractivity contribution in [2.45, 2.75) is 19.7 Å². The number of halogens is 1. The van der Waals surface area contributed by atoms with Crippen molar-refractivity contribution in [2.75, 3.05) is 11.4 Å². The fourth-order valence-corrected chi connectivity index (χ4v) is 2.30. The van der Waals surface area contributed by atoms with Crippen molar-refractivity contribution in [3.63, 3.8) is 0 Å². The first-order chi connectivity index (χ1) is 8.76. The maximum atomic E-state index is 5.82. The minimum atomic E-state index is 0.566. The zero-order valence-corrected chi connectivity index (χ0v) is 11.6. The minimum absolute atomic E-state index is 0.566. The van der Waals surface area contributed by atoms with Crippen LogP contribution in [-0.4, -0.2) is 6.54 Å². The molecule has 2 rings (SSSR count). The standard InChI is InChI=1S/C16H18ClN/c1-3-18(16-7-5-4-6-13(16)2)15-10-8-14(12-17)9-11-15/h4-11H,3,12H2,1-2H3. The highest BCUT2D eigenvalue weighted by Gasteiger charge is 2.08. The summed E-state index contributed by atoms with van der Waals surface area (Å²) in [6.45, 7) is 5.26. The lowest BCUT2D eigenvalue weighted by Gasteiger charge is -2.25. The summed E-state index contributed by atoms with van der Waals surface area (Å²) in [6.07, 6.45) is 0. The molecule has 0 unspecified atom stereocenters. The second-order valence-electron chi connectivity index (χ2n) is 4.33. The summed E-state index contributed by atoms with van der Waals surface area (Å²) in [5, 5.41) is 0. The molecule has 1 nitrogen and oxygen atoms in total. The van der Waals surface area contributed by atoms with Gasteiger partial charge in [0.25, 0.3) is 0 Å². The number of hydrogen-bond acceptors (Lipinski definition) is 1. The maximum absolute atomic E-state index is 5.82. The van der Waals surface area contributed by atoms with E-state index in [1.165, 1.54) is 16.9 Å². The first kappa shape index (κ1) is 13.0. The number of anilines is 2. The summed E-state index contributed by atoms with van der Waals surface area (Å²) >= 11 is 5.82. The fourth-order valence-electron chi connectivity index (χ4n) is 2.12. The molecule has 0 saturated heterocycles. The summed E-state index contributed by atoms with van der Waals surface area (Å²) in [7, 11) is 0. The topological polar surface area (TPSA) is 3.24 Å². The van der Waals surface area contributed by atoms with E-state index in [9.17, 15) is 0 Å². The van der Waals surface area contributed by atoms with E-state index in [-0.39, 0.29) is 0 Å². The highest BCUT2D eigenvalue weighted by molar-refractivity contribution is 6.17. The number of nitrogens with zero attached hydrogens (tertiary/aromatic N) is 1. The van der Waals surface area contributed by atoms with Crippen molar-refractivity contribution in [1.82, 2.24) is 0 Å². The van der Waals surface area contributed by atoms with Gasteiger partial charge in [-0.05, 0) is 43.2 Å². The Morgan fingerprint density at radius 2 is 1.67 bits per heavy atom. The lowest BCUT2D eigenvalue weighted by Crippen LogP contribution is -2.16. The molecule has 2 aromatic rings. The quantitative estimate of drug-likeness (QED) is 0.707. The van der Waals surface area contributed by atoms with Crippen LogP contribution in [0.5, 0.6) is 0 Å². The number of hydrogen-bond donors (Lipinski definition) is 0. The molecular weight excluding hydrogens is 242 g/mol. The zero-order valence-electron chi connectivity index (χ0n) is 10.9. The molecule has 0 aliphatic heterocycles. The van der Waals surface area contributed by atoms with Gasteiger partial charge in [0.05, 0.1) is 0 Å². The Hall–Kier alpha value is -1.47. The van der Waals surface area contributed by atoms with Gasteiger partial charge >= 0.3 is 0 Å². The van der Waals surface area contributed by atoms with Crippen LogP contribution >= 0.6 is 11.6 Å². The van der Waals surface area contributed by atoms with Gasteiger partial charge in [0.15, 0.2) is 0 Å². The average molecular weight is 260 g/mol. The summed E-state index contributed by atoms with van der Waals surface area (Å²) in [4.78, 5) is 2.31. The van der Waals surface area contributed by atoms with Crippen LogP contribution in [0.2, 0.25) is 0 Å². The molecule has 0 aliphatic rings. The van der Waals surface area contributed by atoms with Gasteiger partial charge in [0.2, 0.25) is 0 Å². The summed E-state index contributed by atoms with van der Waals surface area (Å²) in [6, 6.07) is 16.9. The maximum Gasteiger partial charge on any atom is 0.0474 e. The molecule has 0 N–H and O–H groups in total. The number of aryl methyl sites for hydroxylation is 1. The van der Waals surface area contributed by atoms with Crippen LogP contribution in [0.3, 0.4) is 0 Å². The van der Waals surface area contributed by atoms with Gasteiger partial charge < -0.3 is 4.90 Å². The third-order valence-corrected chi connectivity index (χ3v) is 3.43. The van der Waals surface area contributed by atoms with E-state index in [4.69, 9.17) is 11.6 Å². The molecule has 2 heteroatoms. The highest BCUT2D eigenvalue weighted by atomic mass is 35.5. The van der Waals surface area contributed by atoms with Gasteiger partial charge in [-0.25, -0.2) is 0 Å². The predicted octanol–water partition coefficient (Wildman–Crippen LogP) is 4.89. The van der Waals surface area contributed by atoms with Gasteiger partial charge in [-0.2, -0.15) is 0 Å². The highest BCUT2D eigenvalue weighted by Crippen LogP contribution is 2.28. The molecule has 0 spiro atoms. The van der Waals surface area contributed by atoms with Crippen LogP contribution in [0.25, 0.3) is 0 Å². The van der Waals surface area contributed by atoms with Crippen LogP contribution < -0.4 is 4.90 Å². The third kappa shape index (κ3) is 2.68. The van der Waals surface area contributed by atoms with E-state index >= 15 is 0 Å². The van der Waals surface area contributed by atoms with Gasteiger partial charge in [0.1, 0.15) is 0 Å². The number of rotatable bonds is 4. The molecule has 2 aromatic carbocycles. The van der Waals surface area contributed by atoms with E-state index in [0.29, 0.717) is 5.88 Å². The summed E-state index contributed by atoms with van der Waals surface area (Å²) in [5.74, 6) is 0.566. The largest absolute Gasteiger partial charge is 0.342 e. The Morgan fingerprint density at radius 3 is 2.22 bits per heavy atom. The molecule has 18 heavy (non-hydrogen) atoms. The number of alkyl halides is 1. The second kappa shape index (κ2) is 5.92. The van der Waals surface area contributed by atoms with Crippen LogP contribution in [-0.2, 0) is 5.88 Å². The smallest absolute Gasteiger partial charge is 0.0474 e. The third-order valence-electron chi connectivity index (χ3n) is 3.12. The van der Waals surface area contributed by atoms with E-state index in [0.717, 1.165) is 12.1 Å². The molecule has 94 valence electrons. The van der Waals surface area contributed by atoms with Crippen molar-refractivity contribution in [3.8, 4) is 0 Å². The molecule has 0 bridgehead atoms. The molecule has 0 amide bonds. The summed E-state index contributed by atoms with van der Waals surface area (Å²) < 4.78 is 0. The molecular formula is C16H18ClN. The Labute approximate surface area is 114 Å². The predicted molar refractivity (Wildman–Crippen MR) is 79.9 cm³/mol. The van der Waals surface area contributed by atoms with E-state index < -0.39 is 0 Å². The lowest BCUT2D eigenvalue weighted by molar-refractivity contribution is 1.01. The van der Waals surface area contributed by atoms with E-state index in [2.05, 4.69) is 67.3 Å². The minimum Gasteiger partial charge on any atom is -0.342 e. The molecule has 0 aromatic heterocycles. The monoisotopic (exact) mass is 259 g/mol. The van der Waals surface area contributed by atoms with Crippen molar-refractivity contribution >= 4 is 23.0 Å². The van der Waals surface area contributed by atoms with Crippen molar-refractivity contribution in [3.05, 3.63) is 59.7 Å². The Kier molecular flexibility index (Phi) is 4.27. The van der Waals surface area contributed by atoms with Crippen molar-refractivity contribution < 1.29 is 0 Å². The molecule has 0 aliphatic carbocycles. The molecule has 0 saturated carbocycles. The second-order valence-corrected chi connectivity index (χ2v) is 4.60. The van der Waals surface area contributed by atoms with Crippen molar-refractivity contribution in [2.24, 2.45) is 0 Å². The first-order valence-electron chi connectivity index (χ1n) is 6.24. The zero-order chi connectivity index (χ0) is 13.0. The SMILES string of the molecule is CCN(c1ccc(CCl)cc1)c1ccccc1C. The summed E-state index contributed by atoms with van der Waals surface area (Å²) in [5.41, 5.74) is 4.92. The van der Waals surface area contributed by atoms with Crippen LogP contribution in [0.15, 0.2) is 48.5 Å². The Morgan fingerprint density at radius 1 is 1.00 bits per heavy atom. The van der Waals surface area contributed by atoms with Crippen LogP contribution in [0, 0.1) is 6.92 Å². The Balaban J connectivity index is 2.36. The van der Waals surface area contributed by atoms with E-state index in [1.54, 1.807) is 0 Å². The van der Waals surface area contributed by atoms with Gasteiger partial charge in [0, 0.05) is 23.8 Å². The van der Waals surface area contributed by atoms with Gasteiger partial charge in [-0.1, -0.05) is 30.3 Å². The lowest BCUT2D eigenvalue weighted by atomic mass is 10.1. The molecule has 0 radical (unpaired) electrons. The molecule has 0 heterocycles. The first-order valence-corrected chi connectivity index (χ1v) is 6.77. The van der Waals surface area contributed by atoms with Crippen molar-refractivity contribution in [1.29, 1.82) is 0 Å². The van der Waals surface area contributed by atoms with E-state index in [1.807, 2.05) is 0 Å².